The van der Waals surface area contributed by atoms with E-state index in [-0.39, 0.29) is 12.6 Å². The molecule has 1 fully saturated rings. The molecule has 1 atom stereocenters. The number of hydrogen-bond acceptors (Lipinski definition) is 4. The predicted octanol–water partition coefficient (Wildman–Crippen LogP) is -0.202. The second-order valence-corrected chi connectivity index (χ2v) is 3.80. The molecule has 0 aromatic carbocycles. The largest absolute Gasteiger partial charge is 0.411 e. The summed E-state index contributed by atoms with van der Waals surface area (Å²) in [6.07, 6.45) is -4.24. The van der Waals surface area contributed by atoms with E-state index in [0.29, 0.717) is 13.1 Å². The van der Waals surface area contributed by atoms with Crippen LogP contribution in [0.5, 0.6) is 0 Å². The number of nitrogens with two attached hydrogens (primary N) is 1. The van der Waals surface area contributed by atoms with Gasteiger partial charge in [-0.05, 0) is 0 Å². The quantitative estimate of drug-likeness (QED) is 0.654. The fourth-order valence-corrected chi connectivity index (χ4v) is 1.70. The van der Waals surface area contributed by atoms with Crippen molar-refractivity contribution in [3.8, 4) is 0 Å². The maximum absolute atomic E-state index is 11.8. The first-order valence-electron chi connectivity index (χ1n) is 5.32. The van der Waals surface area contributed by atoms with Gasteiger partial charge in [-0.25, -0.2) is 0 Å². The van der Waals surface area contributed by atoms with Gasteiger partial charge in [0.2, 0.25) is 0 Å². The molecule has 1 heterocycles. The van der Waals surface area contributed by atoms with Crippen molar-refractivity contribution in [1.82, 2.24) is 10.2 Å². The summed E-state index contributed by atoms with van der Waals surface area (Å²) in [6, 6.07) is 0.197. The van der Waals surface area contributed by atoms with Gasteiger partial charge in [-0.2, -0.15) is 13.2 Å². The van der Waals surface area contributed by atoms with Crippen molar-refractivity contribution in [2.45, 2.75) is 12.2 Å². The van der Waals surface area contributed by atoms with Crippen molar-refractivity contribution in [1.29, 1.82) is 0 Å². The Bertz CT molecular complexity index is 201. The van der Waals surface area contributed by atoms with Gasteiger partial charge < -0.3 is 15.8 Å². The lowest BCUT2D eigenvalue weighted by Gasteiger charge is -2.35. The summed E-state index contributed by atoms with van der Waals surface area (Å²) in [4.78, 5) is 2.06. The van der Waals surface area contributed by atoms with Crippen molar-refractivity contribution >= 4 is 0 Å². The summed E-state index contributed by atoms with van der Waals surface area (Å²) in [6.45, 7) is 2.36. The zero-order valence-corrected chi connectivity index (χ0v) is 9.09. The van der Waals surface area contributed by atoms with E-state index in [4.69, 9.17) is 5.73 Å². The van der Waals surface area contributed by atoms with E-state index in [0.717, 1.165) is 19.6 Å². The topological polar surface area (TPSA) is 50.5 Å². The van der Waals surface area contributed by atoms with Gasteiger partial charge in [-0.1, -0.05) is 0 Å². The highest BCUT2D eigenvalue weighted by Gasteiger charge is 2.27. The second kappa shape index (κ2) is 6.39. The van der Waals surface area contributed by atoms with Crippen molar-refractivity contribution in [2.75, 3.05) is 45.9 Å². The van der Waals surface area contributed by atoms with Crippen LogP contribution in [0.2, 0.25) is 0 Å². The molecule has 0 radical (unpaired) electrons. The molecule has 0 bridgehead atoms. The highest BCUT2D eigenvalue weighted by Crippen LogP contribution is 2.14. The molecule has 0 aromatic rings. The summed E-state index contributed by atoms with van der Waals surface area (Å²) < 4.78 is 40.0. The molecule has 0 spiro atoms. The van der Waals surface area contributed by atoms with Gasteiger partial charge in [0.1, 0.15) is 6.61 Å². The molecule has 7 heteroatoms. The first-order valence-corrected chi connectivity index (χ1v) is 5.32. The van der Waals surface area contributed by atoms with Gasteiger partial charge in [0.15, 0.2) is 0 Å². The molecule has 1 rings (SSSR count). The summed E-state index contributed by atoms with van der Waals surface area (Å²) in [5, 5.41) is 3.19. The molecule has 1 aliphatic heterocycles. The van der Waals surface area contributed by atoms with Crippen LogP contribution in [0.3, 0.4) is 0 Å². The zero-order valence-electron chi connectivity index (χ0n) is 9.09. The van der Waals surface area contributed by atoms with E-state index in [1.54, 1.807) is 0 Å². The first-order chi connectivity index (χ1) is 7.53. The second-order valence-electron chi connectivity index (χ2n) is 3.80. The summed E-state index contributed by atoms with van der Waals surface area (Å²) in [7, 11) is 0. The lowest BCUT2D eigenvalue weighted by molar-refractivity contribution is -0.174. The van der Waals surface area contributed by atoms with E-state index in [9.17, 15) is 13.2 Å². The van der Waals surface area contributed by atoms with E-state index in [1.807, 2.05) is 0 Å². The van der Waals surface area contributed by atoms with Gasteiger partial charge in [0.05, 0.1) is 6.61 Å². The van der Waals surface area contributed by atoms with E-state index in [1.165, 1.54) is 0 Å². The maximum atomic E-state index is 11.8. The number of hydrogen-bond donors (Lipinski definition) is 2. The van der Waals surface area contributed by atoms with Crippen LogP contribution in [0.4, 0.5) is 13.2 Å². The minimum atomic E-state index is -4.24. The molecular formula is C9H18F3N3O. The Hall–Kier alpha value is -0.370. The highest BCUT2D eigenvalue weighted by atomic mass is 19.4. The predicted molar refractivity (Wildman–Crippen MR) is 54.2 cm³/mol. The standard InChI is InChI=1S/C9H18F3N3O/c10-9(11,12)7-16-4-3-15-2-1-14-6-8(15)5-13/h8,14H,1-7,13H2. The van der Waals surface area contributed by atoms with Crippen LogP contribution in [0, 0.1) is 0 Å². The highest BCUT2D eigenvalue weighted by molar-refractivity contribution is 4.80. The number of nitrogens with one attached hydrogen (secondary N) is 1. The third-order valence-electron chi connectivity index (χ3n) is 2.53. The van der Waals surface area contributed by atoms with Crippen LogP contribution in [0.1, 0.15) is 0 Å². The average Bonchev–Trinajstić information content (AvgIpc) is 2.23. The Morgan fingerprint density at radius 3 is 2.81 bits per heavy atom. The molecule has 96 valence electrons. The molecule has 4 nitrogen and oxygen atoms in total. The van der Waals surface area contributed by atoms with E-state index in [2.05, 4.69) is 15.0 Å². The molecule has 3 N–H and O–H groups in total. The summed E-state index contributed by atoms with van der Waals surface area (Å²) in [5.41, 5.74) is 5.56. The van der Waals surface area contributed by atoms with Crippen molar-refractivity contribution in [3.05, 3.63) is 0 Å². The zero-order chi connectivity index (χ0) is 12.0. The van der Waals surface area contributed by atoms with Crippen molar-refractivity contribution in [3.63, 3.8) is 0 Å². The Kier molecular flexibility index (Phi) is 5.47. The molecule has 0 aromatic heterocycles. The molecular weight excluding hydrogens is 223 g/mol. The Labute approximate surface area is 92.9 Å². The van der Waals surface area contributed by atoms with Gasteiger partial charge in [0.25, 0.3) is 0 Å². The van der Waals surface area contributed by atoms with Crippen LogP contribution in [0.25, 0.3) is 0 Å². The third-order valence-corrected chi connectivity index (χ3v) is 2.53. The number of piperazine rings is 1. The minimum absolute atomic E-state index is 0.0933. The number of alkyl halides is 3. The summed E-state index contributed by atoms with van der Waals surface area (Å²) >= 11 is 0. The molecule has 1 aliphatic rings. The minimum Gasteiger partial charge on any atom is -0.371 e. The fourth-order valence-electron chi connectivity index (χ4n) is 1.70. The normalized spacial score (nSPS) is 23.6. The van der Waals surface area contributed by atoms with Crippen LogP contribution >= 0.6 is 0 Å². The van der Waals surface area contributed by atoms with Gasteiger partial charge in [0, 0.05) is 38.8 Å². The Balaban J connectivity index is 2.15. The Morgan fingerprint density at radius 1 is 1.44 bits per heavy atom. The lowest BCUT2D eigenvalue weighted by Crippen LogP contribution is -2.55. The number of nitrogens with zero attached hydrogens (tertiary/aromatic N) is 1. The lowest BCUT2D eigenvalue weighted by atomic mass is 10.2. The number of halogens is 3. The van der Waals surface area contributed by atoms with Gasteiger partial charge in [-0.15, -0.1) is 0 Å². The molecule has 0 saturated carbocycles. The van der Waals surface area contributed by atoms with Crippen LogP contribution in [0.15, 0.2) is 0 Å². The fraction of sp³-hybridized carbons (Fsp3) is 1.00. The van der Waals surface area contributed by atoms with Crippen LogP contribution in [-0.2, 0) is 4.74 Å². The van der Waals surface area contributed by atoms with Crippen molar-refractivity contribution in [2.24, 2.45) is 5.73 Å². The van der Waals surface area contributed by atoms with Crippen LogP contribution < -0.4 is 11.1 Å². The molecule has 1 saturated heterocycles. The monoisotopic (exact) mass is 241 g/mol. The molecule has 0 aliphatic carbocycles. The summed E-state index contributed by atoms with van der Waals surface area (Å²) in [5.74, 6) is 0. The maximum Gasteiger partial charge on any atom is 0.411 e. The van der Waals surface area contributed by atoms with Gasteiger partial charge in [-0.3, -0.25) is 4.90 Å². The molecule has 0 amide bonds. The number of rotatable bonds is 5. The Morgan fingerprint density at radius 2 is 2.19 bits per heavy atom. The van der Waals surface area contributed by atoms with Crippen molar-refractivity contribution < 1.29 is 17.9 Å². The van der Waals surface area contributed by atoms with E-state index >= 15 is 0 Å². The SMILES string of the molecule is NCC1CNCCN1CCOCC(F)(F)F. The first kappa shape index (κ1) is 13.7. The molecule has 16 heavy (non-hydrogen) atoms. The smallest absolute Gasteiger partial charge is 0.371 e. The van der Waals surface area contributed by atoms with Crippen LogP contribution in [-0.4, -0.2) is 63.1 Å². The van der Waals surface area contributed by atoms with E-state index < -0.39 is 12.8 Å². The third kappa shape index (κ3) is 5.11. The molecule has 1 unspecified atom stereocenters. The number of ether oxygens (including phenoxy) is 1. The van der Waals surface area contributed by atoms with Gasteiger partial charge >= 0.3 is 6.18 Å². The average molecular weight is 241 g/mol.